The van der Waals surface area contributed by atoms with Gasteiger partial charge in [0.15, 0.2) is 19.9 Å². The zero-order valence-corrected chi connectivity index (χ0v) is 7.74. The molecule has 0 aliphatic carbocycles. The molecular weight excluding hydrogens is 190 g/mol. The van der Waals surface area contributed by atoms with Gasteiger partial charge in [-0.3, -0.25) is 0 Å². The molecule has 0 amide bonds. The number of rotatable bonds is 0. The maximum Gasteiger partial charge on any atom is 0.284 e. The summed E-state index contributed by atoms with van der Waals surface area (Å²) in [6.07, 6.45) is 0. The molecule has 0 aromatic heterocycles. The van der Waals surface area contributed by atoms with Gasteiger partial charge in [0.2, 0.25) is 7.47 Å². The van der Waals surface area contributed by atoms with Crippen LogP contribution in [0.25, 0.3) is 0 Å². The van der Waals surface area contributed by atoms with Crippen molar-refractivity contribution in [2.24, 2.45) is 0 Å². The summed E-state index contributed by atoms with van der Waals surface area (Å²) in [5.41, 5.74) is -0.0622. The van der Waals surface area contributed by atoms with Crippen LogP contribution in [0.5, 0.6) is 0 Å². The quantitative estimate of drug-likeness (QED) is 0.425. The van der Waals surface area contributed by atoms with Gasteiger partial charge in [0.1, 0.15) is 0 Å². The van der Waals surface area contributed by atoms with Crippen LogP contribution in [0.1, 0.15) is 0 Å². The smallest absolute Gasteiger partial charge is 0.0107 e. The van der Waals surface area contributed by atoms with Gasteiger partial charge in [0, 0.05) is 21.6 Å². The highest BCUT2D eigenvalue weighted by Crippen LogP contribution is 2.73. The molecule has 0 nitrogen and oxygen atoms in total. The first-order valence-corrected chi connectivity index (χ1v) is 10.1. The molecule has 1 fully saturated rings. The summed E-state index contributed by atoms with van der Waals surface area (Å²) in [5.74, 6) is 0. The Bertz CT molecular complexity index is 90.1. The first kappa shape index (κ1) is 6.00. The Kier molecular flexibility index (Phi) is 2.43. The van der Waals surface area contributed by atoms with Crippen molar-refractivity contribution >= 4 is 54.6 Å². The molecule has 0 spiro atoms. The normalized spacial score (nSPS) is 42.7. The van der Waals surface area contributed by atoms with Gasteiger partial charge < -0.3 is 0 Å². The molecule has 0 aromatic rings. The maximum atomic E-state index is 4.95. The van der Waals surface area contributed by atoms with Crippen LogP contribution in [-0.4, -0.2) is 0 Å². The highest BCUT2D eigenvalue weighted by atomic mass is 33.8. The Balaban J connectivity index is 2.61. The van der Waals surface area contributed by atoms with Crippen LogP contribution in [0.3, 0.4) is 0 Å². The number of hydrogen-bond acceptors (Lipinski definition) is 3. The second-order valence-corrected chi connectivity index (χ2v) is 17.5. The van der Waals surface area contributed by atoms with Crippen LogP contribution < -0.4 is 0 Å². The lowest BCUT2D eigenvalue weighted by Gasteiger charge is -1.96. The van der Waals surface area contributed by atoms with Crippen molar-refractivity contribution < 1.29 is 0 Å². The van der Waals surface area contributed by atoms with Crippen molar-refractivity contribution in [3.05, 3.63) is 0 Å². The van der Waals surface area contributed by atoms with Crippen molar-refractivity contribution in [1.29, 1.82) is 0 Å². The predicted molar refractivity (Wildman–Crippen MR) is 44.9 cm³/mol. The lowest BCUT2D eigenvalue weighted by Crippen LogP contribution is -1.66. The van der Waals surface area contributed by atoms with Crippen LogP contribution >= 0.6 is 23.5 Å². The fourth-order valence-electron chi connectivity index (χ4n) is 0.0981. The summed E-state index contributed by atoms with van der Waals surface area (Å²) in [7, 11) is 3.05. The van der Waals surface area contributed by atoms with Crippen LogP contribution in [0, 0.1) is 0 Å². The average Bonchev–Trinajstić information content (AvgIpc) is 1.61. The Morgan fingerprint density at radius 2 is 2.33 bits per heavy atom. The van der Waals surface area contributed by atoms with Crippen molar-refractivity contribution in [1.82, 2.24) is 0 Å². The molecule has 1 saturated heterocycles. The van der Waals surface area contributed by atoms with Crippen LogP contribution in [0.2, 0.25) is 0 Å². The highest BCUT2D eigenvalue weighted by molar-refractivity contribution is 9.37. The van der Waals surface area contributed by atoms with E-state index in [4.69, 9.17) is 23.0 Å². The van der Waals surface area contributed by atoms with Gasteiger partial charge in [0.05, 0.1) is 0 Å². The molecule has 0 aromatic carbocycles. The Hall–Kier alpha value is 1.87. The van der Waals surface area contributed by atoms with E-state index >= 15 is 0 Å². The zero-order valence-electron chi connectivity index (χ0n) is 2.58. The molecule has 1 rings (SSSR count). The van der Waals surface area contributed by atoms with Crippen LogP contribution in [-0.2, 0) is 31.1 Å². The van der Waals surface area contributed by atoms with E-state index in [1.54, 1.807) is 0 Å². The molecule has 6 heavy (non-hydrogen) atoms. The third-order valence-corrected chi connectivity index (χ3v) is 25.8. The van der Waals surface area contributed by atoms with E-state index in [-0.39, 0.29) is 13.7 Å². The first-order chi connectivity index (χ1) is 2.80. The van der Waals surface area contributed by atoms with Crippen molar-refractivity contribution in [2.75, 3.05) is 0 Å². The molecule has 34 valence electrons. The van der Waals surface area contributed by atoms with Crippen molar-refractivity contribution in [3.8, 4) is 0 Å². The van der Waals surface area contributed by atoms with Crippen molar-refractivity contribution in [2.45, 2.75) is 0 Å². The average molecular weight is 191 g/mol. The van der Waals surface area contributed by atoms with E-state index in [1.165, 1.54) is 0 Å². The van der Waals surface area contributed by atoms with Crippen molar-refractivity contribution in [3.63, 3.8) is 0 Å². The second-order valence-electron chi connectivity index (χ2n) is 0.649. The zero-order chi connectivity index (χ0) is 4.57. The van der Waals surface area contributed by atoms with Crippen LogP contribution in [0.4, 0.5) is 0 Å². The largest absolute Gasteiger partial charge is 0.284 e. The van der Waals surface area contributed by atoms with E-state index in [0.717, 1.165) is 7.47 Å². The summed E-state index contributed by atoms with van der Waals surface area (Å²) in [5, 5.41) is 0. The maximum absolute atomic E-state index is 4.95. The minimum absolute atomic E-state index is 0.0622. The number of hydrogen-bond donors (Lipinski definition) is 0. The molecule has 1 aliphatic rings. The Labute approximate surface area is 54.4 Å². The van der Waals surface area contributed by atoms with E-state index in [2.05, 4.69) is 0 Å². The summed E-state index contributed by atoms with van der Waals surface area (Å²) >= 11 is 9.87. The van der Waals surface area contributed by atoms with Gasteiger partial charge in [0.25, 0.3) is 5.59 Å². The SMILES string of the molecule is S=[P+]1PSS1=S. The Morgan fingerprint density at radius 1 is 1.83 bits per heavy atom. The molecule has 0 bridgehead atoms. The van der Waals surface area contributed by atoms with Gasteiger partial charge in [-0.15, -0.1) is 0 Å². The predicted octanol–water partition coefficient (Wildman–Crippen LogP) is 2.10. The fourth-order valence-corrected chi connectivity index (χ4v) is 17.8. The van der Waals surface area contributed by atoms with Gasteiger partial charge in [-0.2, -0.15) is 0 Å². The van der Waals surface area contributed by atoms with E-state index < -0.39 is 0 Å². The standard InChI is InChI=1S/HP2S4/c3-2-1-5-6(2)4/h1H/q+1. The third-order valence-electron chi connectivity index (χ3n) is 0.318. The molecule has 0 saturated carbocycles. The molecule has 3 unspecified atom stereocenters. The lowest BCUT2D eigenvalue weighted by atomic mass is 29.3. The van der Waals surface area contributed by atoms with Gasteiger partial charge in [-0.25, -0.2) is 0 Å². The molecule has 6 heteroatoms. The summed E-state index contributed by atoms with van der Waals surface area (Å²) < 4.78 is 0. The van der Waals surface area contributed by atoms with E-state index in [1.807, 2.05) is 10.4 Å². The van der Waals surface area contributed by atoms with Gasteiger partial charge >= 0.3 is 0 Å². The topological polar surface area (TPSA) is 0 Å². The van der Waals surface area contributed by atoms with Gasteiger partial charge in [-0.1, -0.05) is 0 Å². The van der Waals surface area contributed by atoms with Gasteiger partial charge in [-0.05, 0) is 0 Å². The van der Waals surface area contributed by atoms with Crippen LogP contribution in [0.15, 0.2) is 0 Å². The molecule has 0 N–H and O–H groups in total. The second kappa shape index (κ2) is 2.43. The Morgan fingerprint density at radius 3 is 2.33 bits per heavy atom. The summed E-state index contributed by atoms with van der Waals surface area (Å²) in [6.45, 7) is 0. The monoisotopic (exact) mass is 191 g/mol. The molecule has 0 radical (unpaired) electrons. The lowest BCUT2D eigenvalue weighted by molar-refractivity contribution is 5.04. The van der Waals surface area contributed by atoms with E-state index in [9.17, 15) is 0 Å². The highest BCUT2D eigenvalue weighted by Gasteiger charge is 2.30. The minimum atomic E-state index is -0.0622. The fraction of sp³-hybridized carbons (Fsp3) is 0. The summed E-state index contributed by atoms with van der Waals surface area (Å²) in [4.78, 5) is 0. The first-order valence-electron chi connectivity index (χ1n) is 1.13. The molecule has 1 aliphatic heterocycles. The summed E-state index contributed by atoms with van der Waals surface area (Å²) in [6, 6.07) is 0. The molecule has 1 heterocycles. The molecule has 3 atom stereocenters. The minimum Gasteiger partial charge on any atom is 0.0107 e. The molecular formula is HP2S4+. The third kappa shape index (κ3) is 1.18. The van der Waals surface area contributed by atoms with E-state index in [0.29, 0.717) is 0 Å².